The molecule has 0 spiro atoms. The summed E-state index contributed by atoms with van der Waals surface area (Å²) in [7, 11) is 0. The number of hydrogen-bond donors (Lipinski definition) is 2. The maximum Gasteiger partial charge on any atom is 0.223 e. The van der Waals surface area contributed by atoms with Gasteiger partial charge >= 0.3 is 0 Å². The molecule has 19 heavy (non-hydrogen) atoms. The first-order valence-corrected chi connectivity index (χ1v) is 7.92. The minimum atomic E-state index is -0.154. The average Bonchev–Trinajstić information content (AvgIpc) is 2.45. The topological polar surface area (TPSA) is 52.6 Å². The van der Waals surface area contributed by atoms with Crippen LogP contribution in [0.4, 0.5) is 0 Å². The maximum absolute atomic E-state index is 11.9. The van der Waals surface area contributed by atoms with Gasteiger partial charge in [0.1, 0.15) is 0 Å². The lowest BCUT2D eigenvalue weighted by atomic mass is 9.88. The van der Waals surface area contributed by atoms with Crippen molar-refractivity contribution < 1.29 is 9.90 Å². The molecule has 2 unspecified atom stereocenters. The van der Waals surface area contributed by atoms with Crippen LogP contribution in [0.5, 0.6) is 0 Å². The van der Waals surface area contributed by atoms with Crippen molar-refractivity contribution in [3.05, 3.63) is 0 Å². The summed E-state index contributed by atoms with van der Waals surface area (Å²) in [4.78, 5) is 14.3. The zero-order chi connectivity index (χ0) is 13.7. The van der Waals surface area contributed by atoms with Crippen molar-refractivity contribution in [2.75, 3.05) is 19.6 Å². The fourth-order valence-corrected chi connectivity index (χ4v) is 3.40. The molecule has 2 atom stereocenters. The highest BCUT2D eigenvalue weighted by Gasteiger charge is 2.32. The van der Waals surface area contributed by atoms with Crippen LogP contribution in [0, 0.1) is 5.92 Å². The van der Waals surface area contributed by atoms with Crippen molar-refractivity contribution in [3.63, 3.8) is 0 Å². The van der Waals surface area contributed by atoms with Crippen molar-refractivity contribution in [2.24, 2.45) is 5.92 Å². The summed E-state index contributed by atoms with van der Waals surface area (Å²) in [6.07, 6.45) is 7.19. The van der Waals surface area contributed by atoms with Gasteiger partial charge in [0.15, 0.2) is 0 Å². The highest BCUT2D eigenvalue weighted by molar-refractivity contribution is 5.78. The molecular weight excluding hydrogens is 240 g/mol. The van der Waals surface area contributed by atoms with Crippen LogP contribution < -0.4 is 5.32 Å². The van der Waals surface area contributed by atoms with Crippen molar-refractivity contribution in [3.8, 4) is 0 Å². The van der Waals surface area contributed by atoms with Gasteiger partial charge in [0.05, 0.1) is 6.10 Å². The molecule has 0 radical (unpaired) electrons. The largest absolute Gasteiger partial charge is 0.391 e. The minimum Gasteiger partial charge on any atom is -0.391 e. The molecule has 2 aliphatic rings. The van der Waals surface area contributed by atoms with Gasteiger partial charge in [-0.25, -0.2) is 0 Å². The Morgan fingerprint density at radius 2 is 1.89 bits per heavy atom. The first-order chi connectivity index (χ1) is 9.22. The number of likely N-dealkylation sites (tertiary alicyclic amines) is 1. The fraction of sp³-hybridized carbons (Fsp3) is 0.933. The molecule has 0 aromatic heterocycles. The zero-order valence-electron chi connectivity index (χ0n) is 12.1. The van der Waals surface area contributed by atoms with E-state index in [1.165, 1.54) is 6.42 Å². The number of amides is 1. The summed E-state index contributed by atoms with van der Waals surface area (Å²) in [6, 6.07) is 0.341. The van der Waals surface area contributed by atoms with Crippen LogP contribution in [0.25, 0.3) is 0 Å². The van der Waals surface area contributed by atoms with E-state index in [0.29, 0.717) is 6.04 Å². The summed E-state index contributed by atoms with van der Waals surface area (Å²) in [5.74, 6) is 0.411. The van der Waals surface area contributed by atoms with Gasteiger partial charge < -0.3 is 10.4 Å². The Labute approximate surface area is 116 Å². The molecule has 1 aliphatic carbocycles. The molecule has 4 nitrogen and oxygen atoms in total. The van der Waals surface area contributed by atoms with Gasteiger partial charge in [-0.2, -0.15) is 0 Å². The van der Waals surface area contributed by atoms with E-state index in [-0.39, 0.29) is 17.9 Å². The summed E-state index contributed by atoms with van der Waals surface area (Å²) in [5, 5.41) is 13.1. The molecule has 2 rings (SSSR count). The SMILES string of the molecule is CCCNC(=O)C1CCN(C2CCCCC2O)CC1. The molecule has 2 N–H and O–H groups in total. The van der Waals surface area contributed by atoms with E-state index < -0.39 is 0 Å². The molecule has 110 valence electrons. The number of aliphatic hydroxyl groups excluding tert-OH is 1. The van der Waals surface area contributed by atoms with Crippen LogP contribution in [-0.4, -0.2) is 47.7 Å². The molecule has 4 heteroatoms. The van der Waals surface area contributed by atoms with Gasteiger partial charge in [-0.05, 0) is 45.2 Å². The smallest absolute Gasteiger partial charge is 0.223 e. The Kier molecular flexibility index (Phi) is 5.64. The van der Waals surface area contributed by atoms with E-state index in [0.717, 1.165) is 58.2 Å². The average molecular weight is 268 g/mol. The fourth-order valence-electron chi connectivity index (χ4n) is 3.40. The number of aliphatic hydroxyl groups is 1. The van der Waals surface area contributed by atoms with Crippen LogP contribution in [0.15, 0.2) is 0 Å². The quantitative estimate of drug-likeness (QED) is 0.813. The molecule has 1 heterocycles. The van der Waals surface area contributed by atoms with Crippen molar-refractivity contribution in [1.29, 1.82) is 0 Å². The summed E-state index contributed by atoms with van der Waals surface area (Å²) in [5.41, 5.74) is 0. The zero-order valence-corrected chi connectivity index (χ0v) is 12.1. The highest BCUT2D eigenvalue weighted by Crippen LogP contribution is 2.27. The number of nitrogens with one attached hydrogen (secondary N) is 1. The Morgan fingerprint density at radius 1 is 1.21 bits per heavy atom. The third-order valence-corrected chi connectivity index (χ3v) is 4.61. The van der Waals surface area contributed by atoms with Gasteiger partial charge in [0.25, 0.3) is 0 Å². The number of piperidine rings is 1. The molecule has 0 aromatic rings. The predicted molar refractivity (Wildman–Crippen MR) is 75.9 cm³/mol. The Morgan fingerprint density at radius 3 is 2.53 bits per heavy atom. The lowest BCUT2D eigenvalue weighted by Crippen LogP contribution is -2.50. The van der Waals surface area contributed by atoms with E-state index in [2.05, 4.69) is 17.1 Å². The Bertz CT molecular complexity index is 288. The molecule has 0 bridgehead atoms. The summed E-state index contributed by atoms with van der Waals surface area (Å²) < 4.78 is 0. The Balaban J connectivity index is 1.77. The van der Waals surface area contributed by atoms with Crippen LogP contribution in [0.2, 0.25) is 0 Å². The molecule has 1 saturated heterocycles. The molecular formula is C15H28N2O2. The van der Waals surface area contributed by atoms with Crippen LogP contribution >= 0.6 is 0 Å². The number of hydrogen-bond acceptors (Lipinski definition) is 3. The number of rotatable bonds is 4. The van der Waals surface area contributed by atoms with E-state index in [9.17, 15) is 9.90 Å². The Hall–Kier alpha value is -0.610. The molecule has 1 aliphatic heterocycles. The van der Waals surface area contributed by atoms with Crippen molar-refractivity contribution in [1.82, 2.24) is 10.2 Å². The standard InChI is InChI=1S/C15H28N2O2/c1-2-9-16-15(19)12-7-10-17(11-8-12)13-5-3-4-6-14(13)18/h12-14,18H,2-11H2,1H3,(H,16,19). The lowest BCUT2D eigenvalue weighted by Gasteiger charge is -2.41. The number of carbonyl (C=O) groups is 1. The van der Waals surface area contributed by atoms with Crippen molar-refractivity contribution in [2.45, 2.75) is 64.0 Å². The van der Waals surface area contributed by atoms with Crippen LogP contribution in [-0.2, 0) is 4.79 Å². The second kappa shape index (κ2) is 7.25. The van der Waals surface area contributed by atoms with E-state index in [4.69, 9.17) is 0 Å². The second-order valence-corrected chi connectivity index (χ2v) is 6.02. The third kappa shape index (κ3) is 3.93. The molecule has 1 saturated carbocycles. The number of nitrogens with zero attached hydrogens (tertiary/aromatic N) is 1. The van der Waals surface area contributed by atoms with Crippen LogP contribution in [0.3, 0.4) is 0 Å². The third-order valence-electron chi connectivity index (χ3n) is 4.61. The second-order valence-electron chi connectivity index (χ2n) is 6.02. The lowest BCUT2D eigenvalue weighted by molar-refractivity contribution is -0.127. The van der Waals surface area contributed by atoms with Gasteiger partial charge in [-0.1, -0.05) is 19.8 Å². The predicted octanol–water partition coefficient (Wildman–Crippen LogP) is 1.53. The first-order valence-electron chi connectivity index (χ1n) is 7.92. The molecule has 1 amide bonds. The first kappa shape index (κ1) is 14.8. The van der Waals surface area contributed by atoms with Crippen molar-refractivity contribution >= 4 is 5.91 Å². The van der Waals surface area contributed by atoms with Crippen LogP contribution in [0.1, 0.15) is 51.9 Å². The van der Waals surface area contributed by atoms with Gasteiger partial charge in [-0.15, -0.1) is 0 Å². The molecule has 2 fully saturated rings. The minimum absolute atomic E-state index is 0.154. The van der Waals surface area contributed by atoms with E-state index in [1.54, 1.807) is 0 Å². The molecule has 0 aromatic carbocycles. The van der Waals surface area contributed by atoms with Gasteiger partial charge in [-0.3, -0.25) is 9.69 Å². The monoisotopic (exact) mass is 268 g/mol. The van der Waals surface area contributed by atoms with Gasteiger partial charge in [0.2, 0.25) is 5.91 Å². The number of carbonyl (C=O) groups excluding carboxylic acids is 1. The van der Waals surface area contributed by atoms with E-state index >= 15 is 0 Å². The highest BCUT2D eigenvalue weighted by atomic mass is 16.3. The normalized spacial score (nSPS) is 30.2. The maximum atomic E-state index is 11.9. The summed E-state index contributed by atoms with van der Waals surface area (Å²) in [6.45, 7) is 4.80. The summed E-state index contributed by atoms with van der Waals surface area (Å²) >= 11 is 0. The van der Waals surface area contributed by atoms with Gasteiger partial charge in [0, 0.05) is 18.5 Å². The van der Waals surface area contributed by atoms with E-state index in [1.807, 2.05) is 0 Å².